The number of carbonyl (C=O) groups is 2. The van der Waals surface area contributed by atoms with Gasteiger partial charge in [0, 0.05) is 11.1 Å². The van der Waals surface area contributed by atoms with E-state index in [0.717, 1.165) is 11.3 Å². The zero-order chi connectivity index (χ0) is 21.8. The fourth-order valence-electron chi connectivity index (χ4n) is 3.46. The average molecular weight is 436 g/mol. The summed E-state index contributed by atoms with van der Waals surface area (Å²) < 4.78 is 16.3. The summed E-state index contributed by atoms with van der Waals surface area (Å²) >= 11 is 1.29. The molecular formula is C24H21NO5S. The molecule has 0 spiro atoms. The van der Waals surface area contributed by atoms with E-state index in [2.05, 4.69) is 0 Å². The molecule has 1 aliphatic heterocycles. The molecule has 0 atom stereocenters. The zero-order valence-electron chi connectivity index (χ0n) is 17.2. The van der Waals surface area contributed by atoms with Crippen molar-refractivity contribution in [3.05, 3.63) is 88.7 Å². The molecule has 6 nitrogen and oxygen atoms in total. The number of carbonyl (C=O) groups excluding carboxylic acids is 2. The number of imide groups is 1. The molecule has 0 aliphatic carbocycles. The second kappa shape index (κ2) is 9.14. The predicted molar refractivity (Wildman–Crippen MR) is 118 cm³/mol. The van der Waals surface area contributed by atoms with Crippen LogP contribution in [0.15, 0.2) is 76.2 Å². The molecule has 2 heterocycles. The van der Waals surface area contributed by atoms with Crippen molar-refractivity contribution in [2.24, 2.45) is 0 Å². The van der Waals surface area contributed by atoms with Crippen molar-refractivity contribution in [3.8, 4) is 11.5 Å². The van der Waals surface area contributed by atoms with Crippen LogP contribution in [0.2, 0.25) is 0 Å². The number of benzene rings is 2. The van der Waals surface area contributed by atoms with Crippen LogP contribution in [-0.4, -0.2) is 30.9 Å². The fourth-order valence-corrected chi connectivity index (χ4v) is 4.49. The first kappa shape index (κ1) is 20.8. The molecule has 158 valence electrons. The Morgan fingerprint density at radius 1 is 0.871 bits per heavy atom. The number of nitrogens with zero attached hydrogens (tertiary/aromatic N) is 1. The fraction of sp³-hybridized carbons (Fsp3) is 0.167. The Labute approximate surface area is 184 Å². The number of amides is 2. The molecular weight excluding hydrogens is 414 g/mol. The predicted octanol–water partition coefficient (Wildman–Crippen LogP) is 4.51. The highest BCUT2D eigenvalue weighted by Gasteiger charge is 2.40. The molecule has 0 saturated heterocycles. The SMILES string of the molecule is COc1ccccc1CN1C(=O)C(SCc2ccco2)=C(c2ccccc2OC)C1=O. The Morgan fingerprint density at radius 3 is 2.29 bits per heavy atom. The largest absolute Gasteiger partial charge is 0.496 e. The number of rotatable bonds is 8. The van der Waals surface area contributed by atoms with Crippen molar-refractivity contribution < 1.29 is 23.5 Å². The lowest BCUT2D eigenvalue weighted by Gasteiger charge is -2.17. The minimum Gasteiger partial charge on any atom is -0.496 e. The lowest BCUT2D eigenvalue weighted by molar-refractivity contribution is -0.137. The third kappa shape index (κ3) is 4.09. The van der Waals surface area contributed by atoms with Crippen molar-refractivity contribution >= 4 is 29.1 Å². The normalized spacial score (nSPS) is 13.8. The van der Waals surface area contributed by atoms with Gasteiger partial charge in [-0.3, -0.25) is 14.5 Å². The van der Waals surface area contributed by atoms with Gasteiger partial charge in [-0.15, -0.1) is 11.8 Å². The van der Waals surface area contributed by atoms with Crippen LogP contribution in [0.1, 0.15) is 16.9 Å². The summed E-state index contributed by atoms with van der Waals surface area (Å²) in [6, 6.07) is 18.2. The molecule has 1 aromatic heterocycles. The number of ether oxygens (including phenoxy) is 2. The van der Waals surface area contributed by atoms with Crippen molar-refractivity contribution in [1.82, 2.24) is 4.90 Å². The Morgan fingerprint density at radius 2 is 1.58 bits per heavy atom. The van der Waals surface area contributed by atoms with Crippen LogP contribution < -0.4 is 9.47 Å². The van der Waals surface area contributed by atoms with E-state index in [1.165, 1.54) is 16.7 Å². The Balaban J connectivity index is 1.72. The molecule has 0 bridgehead atoms. The molecule has 1 aliphatic rings. The van der Waals surface area contributed by atoms with E-state index in [1.807, 2.05) is 42.5 Å². The van der Waals surface area contributed by atoms with E-state index in [9.17, 15) is 9.59 Å². The molecule has 4 rings (SSSR count). The quantitative estimate of drug-likeness (QED) is 0.485. The van der Waals surface area contributed by atoms with E-state index in [-0.39, 0.29) is 18.4 Å². The summed E-state index contributed by atoms with van der Waals surface area (Å²) in [5, 5.41) is 0. The van der Waals surface area contributed by atoms with Crippen LogP contribution in [0.25, 0.3) is 5.57 Å². The van der Waals surface area contributed by atoms with Gasteiger partial charge in [-0.25, -0.2) is 0 Å². The zero-order valence-corrected chi connectivity index (χ0v) is 18.0. The standard InChI is InChI=1S/C24H21NO5S/c1-28-19-11-5-3-8-16(19)14-25-23(26)21(18-10-4-6-12-20(18)29-2)22(24(25)27)31-15-17-9-7-13-30-17/h3-13H,14-15H2,1-2H3. The number of para-hydroxylation sites is 2. The summed E-state index contributed by atoms with van der Waals surface area (Å²) in [6.45, 7) is 0.116. The van der Waals surface area contributed by atoms with Gasteiger partial charge in [0.25, 0.3) is 11.8 Å². The van der Waals surface area contributed by atoms with Gasteiger partial charge in [0.05, 0.1) is 43.3 Å². The minimum absolute atomic E-state index is 0.116. The molecule has 2 amide bonds. The molecule has 0 radical (unpaired) electrons. The number of methoxy groups -OCH3 is 2. The molecule has 7 heteroatoms. The van der Waals surface area contributed by atoms with Gasteiger partial charge in [0.1, 0.15) is 17.3 Å². The van der Waals surface area contributed by atoms with Gasteiger partial charge in [-0.1, -0.05) is 36.4 Å². The maximum Gasteiger partial charge on any atom is 0.268 e. The van der Waals surface area contributed by atoms with E-state index in [1.54, 1.807) is 38.7 Å². The maximum atomic E-state index is 13.5. The minimum atomic E-state index is -0.359. The highest BCUT2D eigenvalue weighted by Crippen LogP contribution is 2.41. The topological polar surface area (TPSA) is 69.0 Å². The molecule has 31 heavy (non-hydrogen) atoms. The van der Waals surface area contributed by atoms with Gasteiger partial charge in [0.2, 0.25) is 0 Å². The molecule has 0 fully saturated rings. The summed E-state index contributed by atoms with van der Waals surface area (Å²) in [6.07, 6.45) is 1.58. The summed E-state index contributed by atoms with van der Waals surface area (Å²) in [5.41, 5.74) is 1.69. The molecule has 3 aromatic rings. The molecule has 2 aromatic carbocycles. The van der Waals surface area contributed by atoms with Crippen molar-refractivity contribution in [1.29, 1.82) is 0 Å². The van der Waals surface area contributed by atoms with Gasteiger partial charge in [0.15, 0.2) is 0 Å². The first-order valence-electron chi connectivity index (χ1n) is 9.65. The van der Waals surface area contributed by atoms with E-state index in [0.29, 0.717) is 33.3 Å². The van der Waals surface area contributed by atoms with Gasteiger partial charge < -0.3 is 13.9 Å². The second-order valence-corrected chi connectivity index (χ2v) is 7.77. The maximum absolute atomic E-state index is 13.5. The molecule has 0 unspecified atom stereocenters. The summed E-state index contributed by atoms with van der Waals surface area (Å²) in [7, 11) is 3.11. The third-order valence-electron chi connectivity index (χ3n) is 4.96. The lowest BCUT2D eigenvalue weighted by atomic mass is 10.0. The van der Waals surface area contributed by atoms with Crippen LogP contribution in [0, 0.1) is 0 Å². The van der Waals surface area contributed by atoms with E-state index in [4.69, 9.17) is 13.9 Å². The number of furan rings is 1. The third-order valence-corrected chi connectivity index (χ3v) is 6.06. The first-order chi connectivity index (χ1) is 15.1. The van der Waals surface area contributed by atoms with Gasteiger partial charge in [-0.05, 0) is 24.3 Å². The van der Waals surface area contributed by atoms with Gasteiger partial charge >= 0.3 is 0 Å². The van der Waals surface area contributed by atoms with E-state index < -0.39 is 0 Å². The Bertz CT molecular complexity index is 1140. The number of hydrogen-bond donors (Lipinski definition) is 0. The highest BCUT2D eigenvalue weighted by atomic mass is 32.2. The molecule has 0 N–H and O–H groups in total. The Kier molecular flexibility index (Phi) is 6.13. The monoisotopic (exact) mass is 435 g/mol. The van der Waals surface area contributed by atoms with Crippen LogP contribution in [0.3, 0.4) is 0 Å². The van der Waals surface area contributed by atoms with Crippen molar-refractivity contribution in [2.45, 2.75) is 12.3 Å². The van der Waals surface area contributed by atoms with E-state index >= 15 is 0 Å². The highest BCUT2D eigenvalue weighted by molar-refractivity contribution is 8.03. The van der Waals surface area contributed by atoms with Gasteiger partial charge in [-0.2, -0.15) is 0 Å². The van der Waals surface area contributed by atoms with Crippen molar-refractivity contribution in [3.63, 3.8) is 0 Å². The smallest absolute Gasteiger partial charge is 0.268 e. The van der Waals surface area contributed by atoms with Crippen LogP contribution >= 0.6 is 11.8 Å². The first-order valence-corrected chi connectivity index (χ1v) is 10.6. The van der Waals surface area contributed by atoms with Crippen molar-refractivity contribution in [2.75, 3.05) is 14.2 Å². The number of thioether (sulfide) groups is 1. The Hall–Kier alpha value is -3.45. The second-order valence-electron chi connectivity index (χ2n) is 6.78. The number of hydrogen-bond acceptors (Lipinski definition) is 6. The van der Waals surface area contributed by atoms with Crippen LogP contribution in [0.5, 0.6) is 11.5 Å². The lowest BCUT2D eigenvalue weighted by Crippen LogP contribution is -2.31. The average Bonchev–Trinajstić information content (AvgIpc) is 3.40. The molecule has 0 saturated carbocycles. The summed E-state index contributed by atoms with van der Waals surface area (Å²) in [5.74, 6) is 1.62. The summed E-state index contributed by atoms with van der Waals surface area (Å²) in [4.78, 5) is 28.5. The van der Waals surface area contributed by atoms with Crippen LogP contribution in [-0.2, 0) is 21.9 Å². The van der Waals surface area contributed by atoms with Crippen LogP contribution in [0.4, 0.5) is 0 Å².